The molecule has 2 atom stereocenters. The van der Waals surface area contributed by atoms with Gasteiger partial charge in [-0.15, -0.1) is 11.3 Å². The van der Waals surface area contributed by atoms with Crippen LogP contribution in [0.25, 0.3) is 22.2 Å². The number of fused-ring (bicyclic) bond motifs is 3. The van der Waals surface area contributed by atoms with Gasteiger partial charge in [0, 0.05) is 24.4 Å². The molecule has 8 heteroatoms. The van der Waals surface area contributed by atoms with Crippen molar-refractivity contribution in [1.82, 2.24) is 20.0 Å². The third kappa shape index (κ3) is 2.98. The van der Waals surface area contributed by atoms with Gasteiger partial charge in [0.1, 0.15) is 4.88 Å². The topological polar surface area (TPSA) is 92.4 Å². The maximum absolute atomic E-state index is 12.3. The number of β-amino-alcohol motifs (C(OH)–C–C–N with tert-alkyl or cyclic N) is 1. The molecule has 3 heterocycles. The van der Waals surface area contributed by atoms with Crippen LogP contribution in [-0.2, 0) is 11.2 Å². The quantitative estimate of drug-likeness (QED) is 0.693. The first-order valence-corrected chi connectivity index (χ1v) is 10.7. The monoisotopic (exact) mass is 410 g/mol. The summed E-state index contributed by atoms with van der Waals surface area (Å²) in [5.74, 6) is 1.77. The van der Waals surface area contributed by atoms with E-state index in [0.29, 0.717) is 30.6 Å². The minimum Gasteiger partial charge on any atom is -0.395 e. The summed E-state index contributed by atoms with van der Waals surface area (Å²) in [6, 6.07) is 6.10. The highest BCUT2D eigenvalue weighted by atomic mass is 32.1. The van der Waals surface area contributed by atoms with Crippen molar-refractivity contribution in [3.63, 3.8) is 0 Å². The number of hydrogen-bond acceptors (Lipinski definition) is 7. The lowest BCUT2D eigenvalue weighted by Gasteiger charge is -2.24. The lowest BCUT2D eigenvalue weighted by Crippen LogP contribution is -2.30. The summed E-state index contributed by atoms with van der Waals surface area (Å²) in [7, 11) is 0. The number of rotatable bonds is 5. The van der Waals surface area contributed by atoms with Gasteiger partial charge in [-0.3, -0.25) is 4.79 Å². The van der Waals surface area contributed by atoms with Crippen molar-refractivity contribution in [3.8, 4) is 22.2 Å². The first-order chi connectivity index (χ1) is 14.1. The van der Waals surface area contributed by atoms with E-state index in [1.165, 1.54) is 5.56 Å². The lowest BCUT2D eigenvalue weighted by molar-refractivity contribution is -0.129. The third-order valence-corrected chi connectivity index (χ3v) is 7.06. The van der Waals surface area contributed by atoms with Crippen LogP contribution in [-0.4, -0.2) is 44.2 Å². The number of carbonyl (C=O) groups excluding carboxylic acids is 1. The predicted octanol–water partition coefficient (Wildman–Crippen LogP) is 3.42. The van der Waals surface area contributed by atoms with E-state index in [4.69, 9.17) is 4.52 Å². The highest BCUT2D eigenvalue weighted by Crippen LogP contribution is 2.49. The van der Waals surface area contributed by atoms with Crippen LogP contribution in [0.4, 0.5) is 0 Å². The fourth-order valence-corrected chi connectivity index (χ4v) is 5.35. The Morgan fingerprint density at radius 3 is 2.97 bits per heavy atom. The van der Waals surface area contributed by atoms with E-state index < -0.39 is 0 Å². The SMILES string of the molecule is CC(C)c1ncc(-c2nc(-c3cccc4c3C[C@H]3CC(=O)N(CCO)[C@@H]43)no2)s1. The first kappa shape index (κ1) is 18.4. The molecular formula is C21H22N4O3S. The van der Waals surface area contributed by atoms with Gasteiger partial charge in [-0.05, 0) is 23.5 Å². The molecule has 2 aliphatic rings. The van der Waals surface area contributed by atoms with E-state index >= 15 is 0 Å². The van der Waals surface area contributed by atoms with E-state index in [9.17, 15) is 9.90 Å². The van der Waals surface area contributed by atoms with Gasteiger partial charge >= 0.3 is 0 Å². The minimum absolute atomic E-state index is 0.0224. The van der Waals surface area contributed by atoms with Crippen molar-refractivity contribution in [3.05, 3.63) is 40.5 Å². The van der Waals surface area contributed by atoms with Crippen molar-refractivity contribution in [2.75, 3.05) is 13.2 Å². The second kappa shape index (κ2) is 7.03. The molecule has 0 unspecified atom stereocenters. The Balaban J connectivity index is 1.49. The van der Waals surface area contributed by atoms with E-state index in [2.05, 4.69) is 35.0 Å². The second-order valence-corrected chi connectivity index (χ2v) is 9.00. The minimum atomic E-state index is -0.0224. The molecule has 150 valence electrons. The maximum Gasteiger partial charge on any atom is 0.269 e. The van der Waals surface area contributed by atoms with E-state index in [1.807, 2.05) is 17.0 Å². The molecule has 1 amide bonds. The smallest absolute Gasteiger partial charge is 0.269 e. The summed E-state index contributed by atoms with van der Waals surface area (Å²) in [4.78, 5) is 24.1. The van der Waals surface area contributed by atoms with Crippen LogP contribution in [0, 0.1) is 5.92 Å². The van der Waals surface area contributed by atoms with Crippen LogP contribution in [0.2, 0.25) is 0 Å². The molecule has 1 aliphatic heterocycles. The number of likely N-dealkylation sites (tertiary alicyclic amines) is 1. The summed E-state index contributed by atoms with van der Waals surface area (Å²) >= 11 is 1.57. The Morgan fingerprint density at radius 1 is 1.34 bits per heavy atom. The summed E-state index contributed by atoms with van der Waals surface area (Å²) < 4.78 is 5.54. The number of nitrogens with zero attached hydrogens (tertiary/aromatic N) is 4. The first-order valence-electron chi connectivity index (χ1n) is 9.89. The summed E-state index contributed by atoms with van der Waals surface area (Å²) in [6.07, 6.45) is 3.12. The van der Waals surface area contributed by atoms with Crippen LogP contribution in [0.3, 0.4) is 0 Å². The number of thiazole rings is 1. The van der Waals surface area contributed by atoms with Crippen LogP contribution in [0.1, 0.15) is 48.4 Å². The molecule has 2 aromatic heterocycles. The Hall–Kier alpha value is -2.58. The number of hydrogen-bond donors (Lipinski definition) is 1. The molecule has 3 aromatic rings. The number of carbonyl (C=O) groups is 1. The van der Waals surface area contributed by atoms with Crippen LogP contribution < -0.4 is 0 Å². The molecule has 1 saturated heterocycles. The van der Waals surface area contributed by atoms with Crippen molar-refractivity contribution < 1.29 is 14.4 Å². The molecule has 0 bridgehead atoms. The van der Waals surface area contributed by atoms with Crippen LogP contribution >= 0.6 is 11.3 Å². The standard InChI is InChI=1S/C21H22N4O3S/c1-11(2)21-22-10-16(29-21)20-23-19(24-28-20)14-5-3-4-13-15(14)8-12-9-17(27)25(6-7-26)18(12)13/h3-5,10-12,18,26H,6-9H2,1-2H3/t12-,18+/m0/s1. The van der Waals surface area contributed by atoms with E-state index in [-0.39, 0.29) is 24.5 Å². The molecule has 1 aliphatic carbocycles. The Kier molecular flexibility index (Phi) is 4.48. The molecule has 1 N–H and O–H groups in total. The predicted molar refractivity (Wildman–Crippen MR) is 108 cm³/mol. The molecule has 29 heavy (non-hydrogen) atoms. The zero-order chi connectivity index (χ0) is 20.1. The second-order valence-electron chi connectivity index (χ2n) is 7.94. The van der Waals surface area contributed by atoms with E-state index in [1.54, 1.807) is 17.5 Å². The molecule has 1 aromatic carbocycles. The van der Waals surface area contributed by atoms with Gasteiger partial charge in [-0.25, -0.2) is 4.98 Å². The molecule has 5 rings (SSSR count). The largest absolute Gasteiger partial charge is 0.395 e. The van der Waals surface area contributed by atoms with Crippen molar-refractivity contribution in [2.45, 2.75) is 38.6 Å². The summed E-state index contributed by atoms with van der Waals surface area (Å²) in [6.45, 7) is 4.57. The van der Waals surface area contributed by atoms with Crippen LogP contribution in [0.15, 0.2) is 28.9 Å². The van der Waals surface area contributed by atoms with Gasteiger partial charge in [0.25, 0.3) is 5.89 Å². The van der Waals surface area contributed by atoms with Gasteiger partial charge < -0.3 is 14.5 Å². The normalized spacial score (nSPS) is 20.6. The zero-order valence-corrected chi connectivity index (χ0v) is 17.1. The van der Waals surface area contributed by atoms with Gasteiger partial charge in [0.2, 0.25) is 11.7 Å². The Bertz CT molecular complexity index is 1070. The number of amides is 1. The molecule has 0 saturated carbocycles. The number of benzene rings is 1. The van der Waals surface area contributed by atoms with Crippen LogP contribution in [0.5, 0.6) is 0 Å². The maximum atomic E-state index is 12.3. The molecule has 0 spiro atoms. The Labute approximate surface area is 172 Å². The zero-order valence-electron chi connectivity index (χ0n) is 16.3. The van der Waals surface area contributed by atoms with Gasteiger partial charge in [0.15, 0.2) is 0 Å². The highest BCUT2D eigenvalue weighted by molar-refractivity contribution is 7.15. The molecular weight excluding hydrogens is 388 g/mol. The van der Waals surface area contributed by atoms with Gasteiger partial charge in [-0.2, -0.15) is 4.98 Å². The van der Waals surface area contributed by atoms with E-state index in [0.717, 1.165) is 27.4 Å². The Morgan fingerprint density at radius 2 is 2.21 bits per heavy atom. The van der Waals surface area contributed by atoms with Gasteiger partial charge in [0.05, 0.1) is 23.9 Å². The summed E-state index contributed by atoms with van der Waals surface area (Å²) in [5, 5.41) is 14.6. The fraction of sp³-hybridized carbons (Fsp3) is 0.429. The number of aliphatic hydroxyl groups excluding tert-OH is 1. The third-order valence-electron chi connectivity index (χ3n) is 5.77. The fourth-order valence-electron chi connectivity index (χ4n) is 4.51. The molecule has 7 nitrogen and oxygen atoms in total. The van der Waals surface area contributed by atoms with Crippen molar-refractivity contribution in [2.24, 2.45) is 5.92 Å². The number of aliphatic hydroxyl groups is 1. The van der Waals surface area contributed by atoms with Gasteiger partial charge in [-0.1, -0.05) is 37.2 Å². The number of aromatic nitrogens is 3. The highest BCUT2D eigenvalue weighted by Gasteiger charge is 2.46. The average Bonchev–Trinajstić information content (AvgIpc) is 3.45. The average molecular weight is 410 g/mol. The van der Waals surface area contributed by atoms with Crippen molar-refractivity contribution in [1.29, 1.82) is 0 Å². The molecule has 0 radical (unpaired) electrons. The summed E-state index contributed by atoms with van der Waals surface area (Å²) in [5.41, 5.74) is 3.27. The molecule has 1 fully saturated rings. The lowest BCUT2D eigenvalue weighted by atomic mass is 10.0. The van der Waals surface area contributed by atoms with Crippen molar-refractivity contribution >= 4 is 17.2 Å².